The lowest BCUT2D eigenvalue weighted by atomic mass is 9.91. The molecule has 2 aromatic rings. The van der Waals surface area contributed by atoms with Crippen LogP contribution in [0.2, 0.25) is 0 Å². The van der Waals surface area contributed by atoms with Crippen LogP contribution in [0.1, 0.15) is 37.0 Å². The molecule has 0 spiro atoms. The number of rotatable bonds is 7. The van der Waals surface area contributed by atoms with Gasteiger partial charge in [0.25, 0.3) is 5.91 Å². The number of nitrogens with one attached hydrogen (secondary N) is 2. The minimum Gasteiger partial charge on any atom is -0.482 e. The molecule has 0 fully saturated rings. The molecular formula is C26H28FN3O5S. The SMILES string of the molecule is CC1(C)OC(=C2C(=O)Nc3cc(F)ccc32)C=C1c1ccc(CNC(CC=S(C)(N)=O)C(=O)O)cc1. The lowest BCUT2D eigenvalue weighted by Gasteiger charge is -2.23. The third kappa shape index (κ3) is 5.51. The van der Waals surface area contributed by atoms with Gasteiger partial charge >= 0.3 is 5.97 Å². The fraction of sp³-hybridized carbons (Fsp3) is 0.269. The number of benzene rings is 2. The summed E-state index contributed by atoms with van der Waals surface area (Å²) in [7, 11) is -2.64. The van der Waals surface area contributed by atoms with Gasteiger partial charge in [-0.25, -0.2) is 4.39 Å². The molecule has 0 bridgehead atoms. The van der Waals surface area contributed by atoms with Gasteiger partial charge < -0.3 is 20.5 Å². The molecule has 190 valence electrons. The number of halogens is 1. The number of carboxylic acid groups (broad SMARTS) is 1. The monoisotopic (exact) mass is 513 g/mol. The number of hydrogen-bond acceptors (Lipinski definition) is 5. The highest BCUT2D eigenvalue weighted by Gasteiger charge is 2.38. The molecule has 0 aliphatic carbocycles. The van der Waals surface area contributed by atoms with Gasteiger partial charge in [0, 0.05) is 40.1 Å². The molecule has 1 amide bonds. The number of nitrogens with two attached hydrogens (primary N) is 1. The second kappa shape index (κ2) is 9.53. The van der Waals surface area contributed by atoms with E-state index in [4.69, 9.17) is 9.88 Å². The molecule has 0 saturated carbocycles. The van der Waals surface area contributed by atoms with Crippen LogP contribution >= 0.6 is 0 Å². The standard InChI is InChI=1S/C26H28FN3O5S/c1-26(2)19(13-22(35-26)23-18-9-8-17(27)12-21(18)30-24(23)31)16-6-4-15(5-7-16)14-29-20(25(32)33)10-11-36(3,28)34/h4-9,11-13,20,29H,10,14H2,1-3H3,(H2,28,34)(H,30,31)(H,32,33). The molecule has 0 radical (unpaired) electrons. The van der Waals surface area contributed by atoms with Crippen molar-refractivity contribution in [1.82, 2.24) is 5.32 Å². The molecule has 2 atom stereocenters. The van der Waals surface area contributed by atoms with Crippen LogP contribution < -0.4 is 15.8 Å². The number of carbonyl (C=O) groups is 2. The zero-order valence-corrected chi connectivity index (χ0v) is 20.9. The summed E-state index contributed by atoms with van der Waals surface area (Å²) in [5, 5.41) is 21.8. The quantitative estimate of drug-likeness (QED) is 0.333. The highest BCUT2D eigenvalue weighted by atomic mass is 32.2. The fourth-order valence-electron chi connectivity index (χ4n) is 4.21. The molecule has 2 unspecified atom stereocenters. The van der Waals surface area contributed by atoms with E-state index in [2.05, 4.69) is 10.6 Å². The van der Waals surface area contributed by atoms with Gasteiger partial charge in [-0.15, -0.1) is 0 Å². The highest BCUT2D eigenvalue weighted by molar-refractivity contribution is 7.98. The Balaban J connectivity index is 1.55. The van der Waals surface area contributed by atoms with Crippen molar-refractivity contribution < 1.29 is 28.0 Å². The van der Waals surface area contributed by atoms with E-state index in [1.54, 1.807) is 6.07 Å². The van der Waals surface area contributed by atoms with Crippen LogP contribution in [0.4, 0.5) is 10.1 Å². The number of hydrogen-bond donors (Lipinski definition) is 4. The van der Waals surface area contributed by atoms with Gasteiger partial charge in [0.05, 0.1) is 11.3 Å². The molecule has 2 aromatic carbocycles. The number of carboxylic acids is 1. The van der Waals surface area contributed by atoms with Gasteiger partial charge in [-0.3, -0.25) is 18.9 Å². The van der Waals surface area contributed by atoms with E-state index < -0.39 is 33.1 Å². The maximum absolute atomic E-state index is 13.6. The molecule has 0 saturated heterocycles. The van der Waals surface area contributed by atoms with Gasteiger partial charge in [0.15, 0.2) is 0 Å². The van der Waals surface area contributed by atoms with Crippen LogP contribution in [0.5, 0.6) is 0 Å². The smallest absolute Gasteiger partial charge is 0.321 e. The van der Waals surface area contributed by atoms with E-state index in [0.717, 1.165) is 16.7 Å². The predicted molar refractivity (Wildman–Crippen MR) is 139 cm³/mol. The number of carbonyl (C=O) groups excluding carboxylic acids is 1. The number of amides is 1. The summed E-state index contributed by atoms with van der Waals surface area (Å²) >= 11 is 0. The molecule has 10 heteroatoms. The van der Waals surface area contributed by atoms with Crippen LogP contribution in [-0.2, 0) is 30.6 Å². The third-order valence-electron chi connectivity index (χ3n) is 6.04. The maximum Gasteiger partial charge on any atom is 0.321 e. The molecular weight excluding hydrogens is 485 g/mol. The van der Waals surface area contributed by atoms with E-state index in [-0.39, 0.29) is 12.3 Å². The Kier molecular flexibility index (Phi) is 6.78. The van der Waals surface area contributed by atoms with Crippen molar-refractivity contribution in [3.63, 3.8) is 0 Å². The Morgan fingerprint density at radius 1 is 1.28 bits per heavy atom. The van der Waals surface area contributed by atoms with Crippen molar-refractivity contribution in [1.29, 1.82) is 0 Å². The number of anilines is 1. The number of allylic oxidation sites excluding steroid dienone is 1. The van der Waals surface area contributed by atoms with E-state index >= 15 is 0 Å². The molecule has 2 aliphatic rings. The predicted octanol–water partition coefficient (Wildman–Crippen LogP) is 2.90. The third-order valence-corrected chi connectivity index (χ3v) is 6.89. The average molecular weight is 514 g/mol. The Labute approximate surface area is 209 Å². The Morgan fingerprint density at radius 3 is 2.61 bits per heavy atom. The summed E-state index contributed by atoms with van der Waals surface area (Å²) in [6.07, 6.45) is 3.22. The summed E-state index contributed by atoms with van der Waals surface area (Å²) in [5.41, 5.74) is 3.25. The van der Waals surface area contributed by atoms with Crippen molar-refractivity contribution in [3.8, 4) is 0 Å². The summed E-state index contributed by atoms with van der Waals surface area (Å²) in [5.74, 6) is -1.42. The van der Waals surface area contributed by atoms with Crippen molar-refractivity contribution in [2.24, 2.45) is 5.14 Å². The second-order valence-corrected chi connectivity index (χ2v) is 11.7. The second-order valence-electron chi connectivity index (χ2n) is 9.39. The fourth-order valence-corrected chi connectivity index (χ4v) is 4.78. The van der Waals surface area contributed by atoms with E-state index in [1.165, 1.54) is 23.8 Å². The van der Waals surface area contributed by atoms with Crippen molar-refractivity contribution in [3.05, 3.63) is 76.8 Å². The minimum absolute atomic E-state index is 0.0401. The first-order chi connectivity index (χ1) is 16.8. The summed E-state index contributed by atoms with van der Waals surface area (Å²) in [4.78, 5) is 24.1. The summed E-state index contributed by atoms with van der Waals surface area (Å²) in [6, 6.07) is 10.8. The normalized spacial score (nSPS) is 20.6. The molecule has 2 aliphatic heterocycles. The first-order valence-corrected chi connectivity index (χ1v) is 13.4. The number of fused-ring (bicyclic) bond motifs is 1. The topological polar surface area (TPSA) is 131 Å². The zero-order valence-electron chi connectivity index (χ0n) is 20.1. The van der Waals surface area contributed by atoms with Crippen LogP contribution in [0.15, 0.2) is 54.3 Å². The van der Waals surface area contributed by atoms with Crippen molar-refractivity contribution >= 4 is 43.8 Å². The van der Waals surface area contributed by atoms with Gasteiger partial charge in [-0.05, 0) is 54.6 Å². The Hall–Kier alpha value is -3.47. The average Bonchev–Trinajstić information content (AvgIpc) is 3.27. The number of aliphatic carboxylic acids is 1. The molecule has 2 heterocycles. The minimum atomic E-state index is -2.64. The summed E-state index contributed by atoms with van der Waals surface area (Å²) < 4.78 is 31.4. The van der Waals surface area contributed by atoms with Gasteiger partial charge in [-0.1, -0.05) is 24.3 Å². The lowest BCUT2D eigenvalue weighted by molar-refractivity contribution is -0.139. The van der Waals surface area contributed by atoms with Crippen LogP contribution in [0.3, 0.4) is 0 Å². The van der Waals surface area contributed by atoms with Crippen LogP contribution in [0.25, 0.3) is 11.1 Å². The molecule has 8 nitrogen and oxygen atoms in total. The van der Waals surface area contributed by atoms with Gasteiger partial charge in [0.2, 0.25) is 0 Å². The van der Waals surface area contributed by atoms with Crippen molar-refractivity contribution in [2.45, 2.75) is 38.5 Å². The van der Waals surface area contributed by atoms with Crippen molar-refractivity contribution in [2.75, 3.05) is 11.6 Å². The molecule has 4 rings (SSSR count). The number of ether oxygens (including phenoxy) is 1. The molecule has 5 N–H and O–H groups in total. The molecule has 36 heavy (non-hydrogen) atoms. The lowest BCUT2D eigenvalue weighted by Crippen LogP contribution is -2.37. The van der Waals surface area contributed by atoms with Crippen LogP contribution in [-0.4, -0.2) is 44.5 Å². The zero-order chi connectivity index (χ0) is 26.3. The van der Waals surface area contributed by atoms with Gasteiger partial charge in [-0.2, -0.15) is 0 Å². The molecule has 0 aromatic heterocycles. The Morgan fingerprint density at radius 2 is 1.97 bits per heavy atom. The first-order valence-electron chi connectivity index (χ1n) is 11.3. The van der Waals surface area contributed by atoms with E-state index in [0.29, 0.717) is 29.1 Å². The van der Waals surface area contributed by atoms with E-state index in [1.807, 2.05) is 44.2 Å². The summed E-state index contributed by atoms with van der Waals surface area (Å²) in [6.45, 7) is 4.09. The largest absolute Gasteiger partial charge is 0.482 e. The first kappa shape index (κ1) is 25.6. The maximum atomic E-state index is 13.6. The van der Waals surface area contributed by atoms with E-state index in [9.17, 15) is 23.3 Å². The highest BCUT2D eigenvalue weighted by Crippen LogP contribution is 2.44. The van der Waals surface area contributed by atoms with Gasteiger partial charge in [0.1, 0.15) is 23.2 Å². The Bertz CT molecular complexity index is 1410. The van der Waals surface area contributed by atoms with Crippen LogP contribution in [0, 0.1) is 5.82 Å².